The summed E-state index contributed by atoms with van der Waals surface area (Å²) in [7, 11) is 0. The molecule has 4 nitrogen and oxygen atoms in total. The molecule has 0 radical (unpaired) electrons. The fraction of sp³-hybridized carbons (Fsp3) is 0.895. The van der Waals surface area contributed by atoms with Crippen LogP contribution >= 0.6 is 0 Å². The molecule has 2 aliphatic rings. The Hall–Kier alpha value is -0.900. The smallest absolute Gasteiger partial charge is 0.234 e. The first-order valence-electron chi connectivity index (χ1n) is 9.42. The predicted molar refractivity (Wildman–Crippen MR) is 97.3 cm³/mol. The summed E-state index contributed by atoms with van der Waals surface area (Å²) in [4.78, 5) is 23.2. The van der Waals surface area contributed by atoms with Crippen molar-refractivity contribution in [2.75, 3.05) is 13.1 Å². The lowest BCUT2D eigenvalue weighted by molar-refractivity contribution is -0.124. The fourth-order valence-electron chi connectivity index (χ4n) is 3.79. The fourth-order valence-corrected chi connectivity index (χ4v) is 3.79. The van der Waals surface area contributed by atoms with Gasteiger partial charge in [0.2, 0.25) is 5.91 Å². The molecule has 1 amide bonds. The maximum Gasteiger partial charge on any atom is 0.234 e. The third kappa shape index (κ3) is 5.59. The average Bonchev–Trinajstić information content (AvgIpc) is 3.05. The van der Waals surface area contributed by atoms with Crippen LogP contribution < -0.4 is 10.6 Å². The van der Waals surface area contributed by atoms with E-state index < -0.39 is 0 Å². The number of aldehydes is 1. The minimum atomic E-state index is -0.295. The van der Waals surface area contributed by atoms with Crippen LogP contribution in [0, 0.1) is 23.2 Å². The van der Waals surface area contributed by atoms with Gasteiger partial charge in [-0.1, -0.05) is 53.9 Å². The molecular formula is C19H38N2O2. The van der Waals surface area contributed by atoms with Crippen molar-refractivity contribution in [2.45, 2.75) is 72.8 Å². The highest BCUT2D eigenvalue weighted by Gasteiger charge is 2.53. The first-order valence-corrected chi connectivity index (χ1v) is 9.42. The van der Waals surface area contributed by atoms with Crippen LogP contribution in [0.25, 0.3) is 0 Å². The van der Waals surface area contributed by atoms with Gasteiger partial charge in [-0.15, -0.1) is 0 Å². The van der Waals surface area contributed by atoms with E-state index in [9.17, 15) is 9.59 Å². The zero-order valence-electron chi connectivity index (χ0n) is 15.7. The molecule has 23 heavy (non-hydrogen) atoms. The summed E-state index contributed by atoms with van der Waals surface area (Å²) >= 11 is 0. The van der Waals surface area contributed by atoms with Crippen molar-refractivity contribution in [3.05, 3.63) is 0 Å². The molecule has 0 spiro atoms. The molecular weight excluding hydrogens is 288 g/mol. The van der Waals surface area contributed by atoms with Gasteiger partial charge in [-0.25, -0.2) is 0 Å². The van der Waals surface area contributed by atoms with E-state index in [1.807, 2.05) is 13.8 Å². The van der Waals surface area contributed by atoms with Crippen LogP contribution in [-0.2, 0) is 9.59 Å². The number of hydrogen-bond donors (Lipinski definition) is 2. The number of carbonyl (C=O) groups excluding carboxylic acids is 2. The second-order valence-corrected chi connectivity index (χ2v) is 7.47. The SMILES string of the molecule is CC.CC1C(CNCC(=O)N[C@H](C=O)C2CCCCC2)C1(C)C.[HH]. The molecule has 3 atom stereocenters. The number of hydrogen-bond acceptors (Lipinski definition) is 3. The Kier molecular flexibility index (Phi) is 8.24. The van der Waals surface area contributed by atoms with Crippen LogP contribution in [0.15, 0.2) is 0 Å². The first-order chi connectivity index (χ1) is 11.0. The number of carbonyl (C=O) groups is 2. The minimum Gasteiger partial charge on any atom is -0.345 e. The van der Waals surface area contributed by atoms with E-state index in [1.54, 1.807) is 0 Å². The van der Waals surface area contributed by atoms with Gasteiger partial charge in [0.05, 0.1) is 12.6 Å². The number of rotatable bonds is 7. The number of nitrogens with one attached hydrogen (secondary N) is 2. The molecule has 136 valence electrons. The van der Waals surface area contributed by atoms with Crippen LogP contribution in [-0.4, -0.2) is 31.3 Å². The lowest BCUT2D eigenvalue weighted by atomic mass is 9.84. The molecule has 0 aromatic rings. The van der Waals surface area contributed by atoms with Crippen molar-refractivity contribution in [3.8, 4) is 0 Å². The maximum atomic E-state index is 12.0. The van der Waals surface area contributed by atoms with Crippen molar-refractivity contribution < 1.29 is 11.0 Å². The highest BCUT2D eigenvalue weighted by molar-refractivity contribution is 5.81. The molecule has 0 saturated heterocycles. The molecule has 0 aliphatic heterocycles. The molecule has 0 aromatic heterocycles. The molecule has 2 fully saturated rings. The zero-order chi connectivity index (χ0) is 17.5. The molecule has 2 saturated carbocycles. The highest BCUT2D eigenvalue weighted by Crippen LogP contribution is 2.57. The lowest BCUT2D eigenvalue weighted by Gasteiger charge is -2.27. The van der Waals surface area contributed by atoms with Crippen LogP contribution in [0.5, 0.6) is 0 Å². The van der Waals surface area contributed by atoms with E-state index in [2.05, 4.69) is 31.4 Å². The van der Waals surface area contributed by atoms with Gasteiger partial charge in [0.1, 0.15) is 6.29 Å². The van der Waals surface area contributed by atoms with Gasteiger partial charge < -0.3 is 15.4 Å². The summed E-state index contributed by atoms with van der Waals surface area (Å²) in [6.45, 7) is 12.0. The summed E-state index contributed by atoms with van der Waals surface area (Å²) < 4.78 is 0. The molecule has 2 N–H and O–H groups in total. The molecule has 0 bridgehead atoms. The average molecular weight is 327 g/mol. The van der Waals surface area contributed by atoms with Crippen LogP contribution in [0.1, 0.15) is 68.1 Å². The standard InChI is InChI=1S/C17H30N2O2.C2H6.H2/c1-12-14(17(12,2)3)9-18-10-16(21)19-15(11-20)13-7-5-4-6-8-13;1-2;/h11-15,18H,4-10H2,1-3H3,(H,19,21);1-2H3;1H/t12?,14?,15-;;/m1../s1. The van der Waals surface area contributed by atoms with E-state index in [-0.39, 0.29) is 13.4 Å². The summed E-state index contributed by atoms with van der Waals surface area (Å²) in [5.41, 5.74) is 0.400. The van der Waals surface area contributed by atoms with E-state index in [4.69, 9.17) is 0 Å². The molecule has 4 heteroatoms. The van der Waals surface area contributed by atoms with Gasteiger partial charge in [-0.3, -0.25) is 4.79 Å². The van der Waals surface area contributed by atoms with Gasteiger partial charge >= 0.3 is 0 Å². The minimum absolute atomic E-state index is 0. The second kappa shape index (κ2) is 9.41. The molecule has 0 aromatic carbocycles. The Morgan fingerprint density at radius 1 is 1.26 bits per heavy atom. The van der Waals surface area contributed by atoms with E-state index >= 15 is 0 Å². The van der Waals surface area contributed by atoms with E-state index in [0.29, 0.717) is 23.8 Å². The van der Waals surface area contributed by atoms with Crippen molar-refractivity contribution in [1.29, 1.82) is 0 Å². The quantitative estimate of drug-likeness (QED) is 0.705. The molecule has 2 rings (SSSR count). The van der Waals surface area contributed by atoms with Crippen LogP contribution in [0.4, 0.5) is 0 Å². The third-order valence-electron chi connectivity index (χ3n) is 5.91. The normalized spacial score (nSPS) is 27.3. The van der Waals surface area contributed by atoms with Crippen molar-refractivity contribution in [2.24, 2.45) is 23.2 Å². The number of amides is 1. The Labute approximate surface area is 143 Å². The van der Waals surface area contributed by atoms with Gasteiger partial charge in [-0.05, 0) is 42.6 Å². The second-order valence-electron chi connectivity index (χ2n) is 7.47. The Bertz CT molecular complexity index is 382. The predicted octanol–water partition coefficient (Wildman–Crippen LogP) is 3.40. The molecule has 2 unspecified atom stereocenters. The van der Waals surface area contributed by atoms with E-state index in [0.717, 1.165) is 31.6 Å². The van der Waals surface area contributed by atoms with Crippen LogP contribution in [0.2, 0.25) is 0 Å². The maximum absolute atomic E-state index is 12.0. The van der Waals surface area contributed by atoms with Gasteiger partial charge in [0.25, 0.3) is 0 Å². The summed E-state index contributed by atoms with van der Waals surface area (Å²) in [5, 5.41) is 6.13. The third-order valence-corrected chi connectivity index (χ3v) is 5.91. The monoisotopic (exact) mass is 326 g/mol. The summed E-state index contributed by atoms with van der Waals surface area (Å²) in [5.74, 6) is 1.66. The Morgan fingerprint density at radius 2 is 1.83 bits per heavy atom. The summed E-state index contributed by atoms with van der Waals surface area (Å²) in [6, 6.07) is -0.295. The van der Waals surface area contributed by atoms with Crippen LogP contribution in [0.3, 0.4) is 0 Å². The zero-order valence-corrected chi connectivity index (χ0v) is 15.7. The topological polar surface area (TPSA) is 58.2 Å². The van der Waals surface area contributed by atoms with E-state index in [1.165, 1.54) is 19.3 Å². The largest absolute Gasteiger partial charge is 0.345 e. The van der Waals surface area contributed by atoms with Gasteiger partial charge in [0.15, 0.2) is 0 Å². The lowest BCUT2D eigenvalue weighted by Crippen LogP contribution is -2.45. The van der Waals surface area contributed by atoms with Gasteiger partial charge in [0, 0.05) is 1.43 Å². The first kappa shape index (κ1) is 20.1. The Balaban J connectivity index is 0.00000170. The van der Waals surface area contributed by atoms with Crippen molar-refractivity contribution >= 4 is 12.2 Å². The molecule has 2 aliphatic carbocycles. The Morgan fingerprint density at radius 3 is 2.30 bits per heavy atom. The summed E-state index contributed by atoms with van der Waals surface area (Å²) in [6.07, 6.45) is 6.65. The molecule has 0 heterocycles. The van der Waals surface area contributed by atoms with Crippen molar-refractivity contribution in [1.82, 2.24) is 10.6 Å². The van der Waals surface area contributed by atoms with Gasteiger partial charge in [-0.2, -0.15) is 0 Å². The highest BCUT2D eigenvalue weighted by atomic mass is 16.2. The van der Waals surface area contributed by atoms with Crippen molar-refractivity contribution in [3.63, 3.8) is 0 Å².